The molecule has 16 heavy (non-hydrogen) atoms. The lowest BCUT2D eigenvalue weighted by molar-refractivity contribution is 0.766. The van der Waals surface area contributed by atoms with Crippen LogP contribution in [0.5, 0.6) is 0 Å². The molecule has 4 nitrogen and oxygen atoms in total. The summed E-state index contributed by atoms with van der Waals surface area (Å²) in [6.45, 7) is 0. The highest BCUT2D eigenvalue weighted by Crippen LogP contribution is 2.19. The van der Waals surface area contributed by atoms with E-state index < -0.39 is 0 Å². The molecular weight excluding hydrogens is 337 g/mol. The number of H-pyrrole nitrogens is 1. The lowest BCUT2D eigenvalue weighted by Crippen LogP contribution is -2.12. The van der Waals surface area contributed by atoms with Crippen LogP contribution < -0.4 is 5.69 Å². The Labute approximate surface area is 111 Å². The van der Waals surface area contributed by atoms with E-state index in [0.29, 0.717) is 5.16 Å². The second kappa shape index (κ2) is 5.05. The maximum Gasteiger partial charge on any atom is 0.343 e. The molecule has 2 rings (SSSR count). The molecule has 84 valence electrons. The summed E-state index contributed by atoms with van der Waals surface area (Å²) in [5.74, 6) is 0.815. The van der Waals surface area contributed by atoms with Gasteiger partial charge in [-0.25, -0.2) is 9.89 Å². The van der Waals surface area contributed by atoms with Crippen LogP contribution in [0.15, 0.2) is 34.2 Å². The van der Waals surface area contributed by atoms with Gasteiger partial charge in [-0.2, -0.15) is 0 Å². The monoisotopic (exact) mass is 347 g/mol. The van der Waals surface area contributed by atoms with Crippen LogP contribution >= 0.6 is 34.4 Å². The lowest BCUT2D eigenvalue weighted by atomic mass is 10.2. The second-order valence-corrected chi connectivity index (χ2v) is 5.47. The third-order valence-electron chi connectivity index (χ3n) is 2.12. The number of nitrogens with one attached hydrogen (secondary N) is 1. The van der Waals surface area contributed by atoms with Gasteiger partial charge < -0.3 is 0 Å². The zero-order valence-electron chi connectivity index (χ0n) is 8.61. The van der Waals surface area contributed by atoms with E-state index >= 15 is 0 Å². The summed E-state index contributed by atoms with van der Waals surface area (Å²) in [7, 11) is 1.71. The van der Waals surface area contributed by atoms with Gasteiger partial charge in [0.2, 0.25) is 0 Å². The van der Waals surface area contributed by atoms with E-state index in [-0.39, 0.29) is 5.69 Å². The Balaban J connectivity index is 2.05. The Kier molecular flexibility index (Phi) is 3.70. The van der Waals surface area contributed by atoms with Crippen molar-refractivity contribution in [1.29, 1.82) is 0 Å². The molecule has 1 aromatic carbocycles. The van der Waals surface area contributed by atoms with Gasteiger partial charge in [-0.05, 0) is 40.3 Å². The molecule has 1 aromatic heterocycles. The minimum atomic E-state index is -0.176. The van der Waals surface area contributed by atoms with Crippen molar-refractivity contribution in [1.82, 2.24) is 14.8 Å². The fraction of sp³-hybridized carbons (Fsp3) is 0.200. The molecule has 6 heteroatoms. The molecule has 0 unspecified atom stereocenters. The number of halogens is 1. The minimum absolute atomic E-state index is 0.176. The van der Waals surface area contributed by atoms with Crippen molar-refractivity contribution in [3.63, 3.8) is 0 Å². The molecule has 1 heterocycles. The topological polar surface area (TPSA) is 50.7 Å². The zero-order chi connectivity index (χ0) is 11.5. The number of benzene rings is 1. The molecular formula is C10H10IN3OS. The van der Waals surface area contributed by atoms with Gasteiger partial charge in [-0.1, -0.05) is 23.9 Å². The molecule has 0 radical (unpaired) electrons. The van der Waals surface area contributed by atoms with Crippen molar-refractivity contribution < 1.29 is 0 Å². The molecule has 1 N–H and O–H groups in total. The summed E-state index contributed by atoms with van der Waals surface area (Å²) in [6.07, 6.45) is 0. The summed E-state index contributed by atoms with van der Waals surface area (Å²) in [5.41, 5.74) is 1.05. The Morgan fingerprint density at radius 1 is 1.44 bits per heavy atom. The van der Waals surface area contributed by atoms with Crippen molar-refractivity contribution in [2.24, 2.45) is 7.05 Å². The highest BCUT2D eigenvalue weighted by molar-refractivity contribution is 14.1. The molecule has 0 fully saturated rings. The number of hydrogen-bond donors (Lipinski definition) is 1. The molecule has 0 aliphatic rings. The summed E-state index contributed by atoms with van der Waals surface area (Å²) in [5, 5.41) is 7.06. The average molecular weight is 347 g/mol. The van der Waals surface area contributed by atoms with Gasteiger partial charge in [0.15, 0.2) is 5.16 Å². The van der Waals surface area contributed by atoms with E-state index in [1.807, 2.05) is 0 Å². The van der Waals surface area contributed by atoms with Crippen LogP contribution in [0.4, 0.5) is 0 Å². The normalized spacial score (nSPS) is 10.6. The Morgan fingerprint density at radius 2 is 2.12 bits per heavy atom. The highest BCUT2D eigenvalue weighted by atomic mass is 127. The van der Waals surface area contributed by atoms with Gasteiger partial charge in [0.25, 0.3) is 0 Å². The molecule has 0 aliphatic heterocycles. The third-order valence-corrected chi connectivity index (χ3v) is 3.94. The molecule has 0 bridgehead atoms. The Bertz CT molecular complexity index is 532. The maximum absolute atomic E-state index is 11.1. The summed E-state index contributed by atoms with van der Waals surface area (Å²) >= 11 is 3.82. The van der Waals surface area contributed by atoms with E-state index in [0.717, 1.165) is 5.75 Å². The van der Waals surface area contributed by atoms with Gasteiger partial charge in [0.05, 0.1) is 0 Å². The second-order valence-electron chi connectivity index (χ2n) is 3.29. The van der Waals surface area contributed by atoms with Crippen LogP contribution in [0.3, 0.4) is 0 Å². The third kappa shape index (κ3) is 2.67. The predicted octanol–water partition coefficient (Wildman–Crippen LogP) is 2.01. The largest absolute Gasteiger partial charge is 0.343 e. The fourth-order valence-electron chi connectivity index (χ4n) is 1.19. The van der Waals surface area contributed by atoms with Gasteiger partial charge in [0.1, 0.15) is 0 Å². The van der Waals surface area contributed by atoms with Gasteiger partial charge in [-0.15, -0.1) is 5.10 Å². The Hall–Kier alpha value is -0.760. The van der Waals surface area contributed by atoms with Crippen molar-refractivity contribution in [2.75, 3.05) is 0 Å². The van der Waals surface area contributed by atoms with E-state index in [9.17, 15) is 4.79 Å². The number of nitrogens with zero attached hydrogens (tertiary/aromatic N) is 2. The fourth-order valence-corrected chi connectivity index (χ4v) is 2.42. The molecule has 0 atom stereocenters. The van der Waals surface area contributed by atoms with Gasteiger partial charge in [-0.3, -0.25) is 4.57 Å². The first-order chi connectivity index (χ1) is 7.66. The van der Waals surface area contributed by atoms with E-state index in [2.05, 4.69) is 57.1 Å². The average Bonchev–Trinajstić information content (AvgIpc) is 2.60. The van der Waals surface area contributed by atoms with Crippen LogP contribution in [0.25, 0.3) is 0 Å². The van der Waals surface area contributed by atoms with E-state index in [4.69, 9.17) is 0 Å². The Morgan fingerprint density at radius 3 is 2.69 bits per heavy atom. The van der Waals surface area contributed by atoms with Crippen molar-refractivity contribution in [2.45, 2.75) is 10.9 Å². The quantitative estimate of drug-likeness (QED) is 0.683. The summed E-state index contributed by atoms with van der Waals surface area (Å²) in [6, 6.07) is 8.30. The van der Waals surface area contributed by atoms with E-state index in [1.54, 1.807) is 18.8 Å². The van der Waals surface area contributed by atoms with Crippen LogP contribution in [0.1, 0.15) is 5.56 Å². The highest BCUT2D eigenvalue weighted by Gasteiger charge is 2.04. The number of aromatic nitrogens is 3. The first-order valence-electron chi connectivity index (χ1n) is 4.65. The van der Waals surface area contributed by atoms with Gasteiger partial charge >= 0.3 is 5.69 Å². The first kappa shape index (κ1) is 11.7. The zero-order valence-corrected chi connectivity index (χ0v) is 11.6. The van der Waals surface area contributed by atoms with Crippen molar-refractivity contribution in [3.8, 4) is 0 Å². The van der Waals surface area contributed by atoms with Gasteiger partial charge in [0, 0.05) is 16.4 Å². The van der Waals surface area contributed by atoms with Crippen LogP contribution in [0.2, 0.25) is 0 Å². The van der Waals surface area contributed by atoms with Crippen LogP contribution in [0, 0.1) is 3.57 Å². The molecule has 0 aliphatic carbocycles. The smallest absolute Gasteiger partial charge is 0.273 e. The van der Waals surface area contributed by atoms with Crippen LogP contribution in [-0.2, 0) is 12.8 Å². The number of aromatic amines is 1. The standard InChI is InChI=1S/C10H10IN3OS/c1-14-9(15)12-13-10(14)16-6-7-2-4-8(11)5-3-7/h2-5H,6H2,1H3,(H,12,15). The van der Waals surface area contributed by atoms with Crippen molar-refractivity contribution >= 4 is 34.4 Å². The SMILES string of the molecule is Cn1c(SCc2ccc(I)cc2)n[nH]c1=O. The maximum atomic E-state index is 11.1. The summed E-state index contributed by atoms with van der Waals surface area (Å²) in [4.78, 5) is 11.1. The number of hydrogen-bond acceptors (Lipinski definition) is 3. The van der Waals surface area contributed by atoms with Crippen molar-refractivity contribution in [3.05, 3.63) is 43.9 Å². The van der Waals surface area contributed by atoms with Crippen LogP contribution in [-0.4, -0.2) is 14.8 Å². The number of thioether (sulfide) groups is 1. The first-order valence-corrected chi connectivity index (χ1v) is 6.72. The molecule has 0 saturated carbocycles. The van der Waals surface area contributed by atoms with E-state index in [1.165, 1.54) is 13.7 Å². The molecule has 0 amide bonds. The predicted molar refractivity (Wildman–Crippen MR) is 72.5 cm³/mol. The molecule has 2 aromatic rings. The molecule has 0 saturated heterocycles. The summed E-state index contributed by atoms with van der Waals surface area (Å²) < 4.78 is 2.73. The number of rotatable bonds is 3. The minimum Gasteiger partial charge on any atom is -0.273 e. The molecule has 0 spiro atoms. The lowest BCUT2D eigenvalue weighted by Gasteiger charge is -2.00.